The molecule has 0 spiro atoms. The molecule has 0 radical (unpaired) electrons. The molecule has 0 saturated heterocycles. The van der Waals surface area contributed by atoms with Crippen molar-refractivity contribution in [3.05, 3.63) is 51.7 Å². The van der Waals surface area contributed by atoms with E-state index in [0.717, 1.165) is 21.2 Å². The first kappa shape index (κ1) is 13.4. The highest BCUT2D eigenvalue weighted by atomic mass is 79.9. The zero-order valence-corrected chi connectivity index (χ0v) is 12.7. The number of anilines is 1. The van der Waals surface area contributed by atoms with Gasteiger partial charge >= 0.3 is 0 Å². The number of benzene rings is 2. The van der Waals surface area contributed by atoms with Gasteiger partial charge in [-0.1, -0.05) is 11.6 Å². The van der Waals surface area contributed by atoms with E-state index in [1.54, 1.807) is 18.2 Å². The molecule has 0 saturated carbocycles. The summed E-state index contributed by atoms with van der Waals surface area (Å²) in [5, 5.41) is 10.2. The Hall–Kier alpha value is -1.56. The molecule has 2 aromatic carbocycles. The Labute approximate surface area is 128 Å². The van der Waals surface area contributed by atoms with Gasteiger partial charge in [-0.3, -0.25) is 4.57 Å². The van der Waals surface area contributed by atoms with Crippen LogP contribution in [0.15, 0.2) is 40.9 Å². The lowest BCUT2D eigenvalue weighted by Gasteiger charge is -2.10. The van der Waals surface area contributed by atoms with Crippen LogP contribution in [0.25, 0.3) is 16.7 Å². The molecule has 0 aliphatic rings. The zero-order valence-electron chi connectivity index (χ0n) is 10.3. The second kappa shape index (κ2) is 5.09. The first-order valence-electron chi connectivity index (χ1n) is 5.93. The van der Waals surface area contributed by atoms with Crippen LogP contribution in [0.4, 0.5) is 5.69 Å². The summed E-state index contributed by atoms with van der Waals surface area (Å²) in [5.41, 5.74) is 8.84. The molecule has 0 aliphatic heterocycles. The summed E-state index contributed by atoms with van der Waals surface area (Å²) in [7, 11) is 0. The molecule has 0 aliphatic carbocycles. The first-order chi connectivity index (χ1) is 9.60. The number of hydrogen-bond donors (Lipinski definition) is 2. The van der Waals surface area contributed by atoms with Crippen molar-refractivity contribution in [3.63, 3.8) is 0 Å². The van der Waals surface area contributed by atoms with E-state index in [-0.39, 0.29) is 6.61 Å². The van der Waals surface area contributed by atoms with E-state index in [0.29, 0.717) is 16.5 Å². The fourth-order valence-electron chi connectivity index (χ4n) is 2.18. The highest BCUT2D eigenvalue weighted by Gasteiger charge is 2.14. The Balaban J connectivity index is 2.37. The van der Waals surface area contributed by atoms with E-state index in [9.17, 15) is 5.11 Å². The first-order valence-corrected chi connectivity index (χ1v) is 7.10. The van der Waals surface area contributed by atoms with Gasteiger partial charge in [0.25, 0.3) is 0 Å². The number of halogens is 2. The van der Waals surface area contributed by atoms with Crippen molar-refractivity contribution >= 4 is 44.3 Å². The van der Waals surface area contributed by atoms with E-state index >= 15 is 0 Å². The lowest BCUT2D eigenvalue weighted by Crippen LogP contribution is -2.02. The van der Waals surface area contributed by atoms with Crippen LogP contribution in [-0.2, 0) is 6.61 Å². The number of nitrogens with two attached hydrogens (primary N) is 1. The summed E-state index contributed by atoms with van der Waals surface area (Å²) in [4.78, 5) is 4.41. The third-order valence-corrected chi connectivity index (χ3v) is 3.94. The molecule has 4 nitrogen and oxygen atoms in total. The van der Waals surface area contributed by atoms with Gasteiger partial charge in [-0.15, -0.1) is 0 Å². The highest BCUT2D eigenvalue weighted by molar-refractivity contribution is 9.10. The van der Waals surface area contributed by atoms with Crippen LogP contribution in [0.2, 0.25) is 5.02 Å². The van der Waals surface area contributed by atoms with Crippen LogP contribution < -0.4 is 5.73 Å². The molecule has 102 valence electrons. The Morgan fingerprint density at radius 3 is 2.80 bits per heavy atom. The number of fused-ring (bicyclic) bond motifs is 1. The average molecular weight is 353 g/mol. The third-order valence-electron chi connectivity index (χ3n) is 3.04. The van der Waals surface area contributed by atoms with E-state index in [4.69, 9.17) is 17.3 Å². The Morgan fingerprint density at radius 2 is 2.05 bits per heavy atom. The fraction of sp³-hybridized carbons (Fsp3) is 0.0714. The van der Waals surface area contributed by atoms with Gasteiger partial charge in [-0.05, 0) is 52.3 Å². The summed E-state index contributed by atoms with van der Waals surface area (Å²) in [6.07, 6.45) is 0. The second-order valence-corrected chi connectivity index (χ2v) is 5.66. The van der Waals surface area contributed by atoms with Gasteiger partial charge in [-0.25, -0.2) is 4.98 Å². The Bertz CT molecular complexity index is 800. The van der Waals surface area contributed by atoms with Gasteiger partial charge < -0.3 is 10.8 Å². The van der Waals surface area contributed by atoms with Crippen molar-refractivity contribution in [2.75, 3.05) is 5.73 Å². The van der Waals surface area contributed by atoms with Crippen LogP contribution in [-0.4, -0.2) is 14.7 Å². The van der Waals surface area contributed by atoms with Gasteiger partial charge in [0.2, 0.25) is 0 Å². The topological polar surface area (TPSA) is 64.1 Å². The number of aromatic nitrogens is 2. The number of nitrogen functional groups attached to an aromatic ring is 1. The minimum absolute atomic E-state index is 0.173. The monoisotopic (exact) mass is 351 g/mol. The van der Waals surface area contributed by atoms with E-state index in [1.807, 2.05) is 22.8 Å². The fourth-order valence-corrected chi connectivity index (χ4v) is 2.77. The number of nitrogens with zero attached hydrogens (tertiary/aromatic N) is 2. The van der Waals surface area contributed by atoms with Crippen LogP contribution in [0.5, 0.6) is 0 Å². The Morgan fingerprint density at radius 1 is 1.25 bits per heavy atom. The lowest BCUT2D eigenvalue weighted by molar-refractivity contribution is 0.270. The largest absolute Gasteiger partial charge is 0.399 e. The van der Waals surface area contributed by atoms with Gasteiger partial charge in [0.15, 0.2) is 0 Å². The van der Waals surface area contributed by atoms with Crippen LogP contribution in [0.1, 0.15) is 5.82 Å². The van der Waals surface area contributed by atoms with Gasteiger partial charge in [-0.2, -0.15) is 0 Å². The standard InChI is InChI=1S/C14H11BrClN3O/c15-10-3-1-8(16)5-13(10)19-12-4-2-9(17)6-11(12)18-14(19)7-20/h1-6,20H,7,17H2. The molecule has 3 rings (SSSR count). The minimum atomic E-state index is -0.173. The van der Waals surface area contributed by atoms with Gasteiger partial charge in [0.1, 0.15) is 12.4 Å². The smallest absolute Gasteiger partial charge is 0.140 e. The molecule has 3 aromatic rings. The van der Waals surface area contributed by atoms with E-state index in [1.165, 1.54) is 0 Å². The van der Waals surface area contributed by atoms with Crippen molar-refractivity contribution in [2.45, 2.75) is 6.61 Å². The molecule has 20 heavy (non-hydrogen) atoms. The van der Waals surface area contributed by atoms with Crippen molar-refractivity contribution in [3.8, 4) is 5.69 Å². The molecule has 0 bridgehead atoms. The van der Waals surface area contributed by atoms with Crippen LogP contribution >= 0.6 is 27.5 Å². The number of aliphatic hydroxyl groups excluding tert-OH is 1. The molecule has 3 N–H and O–H groups in total. The zero-order chi connectivity index (χ0) is 14.3. The van der Waals surface area contributed by atoms with Crippen molar-refractivity contribution in [1.29, 1.82) is 0 Å². The maximum atomic E-state index is 9.55. The molecule has 0 atom stereocenters. The molecule has 1 aromatic heterocycles. The SMILES string of the molecule is Nc1ccc2c(c1)nc(CO)n2-c1cc(Cl)ccc1Br. The predicted molar refractivity (Wildman–Crippen MR) is 84.1 cm³/mol. The van der Waals surface area contributed by atoms with Crippen molar-refractivity contribution < 1.29 is 5.11 Å². The van der Waals surface area contributed by atoms with Crippen LogP contribution in [0.3, 0.4) is 0 Å². The number of rotatable bonds is 2. The van der Waals surface area contributed by atoms with E-state index < -0.39 is 0 Å². The van der Waals surface area contributed by atoms with Crippen molar-refractivity contribution in [2.24, 2.45) is 0 Å². The summed E-state index contributed by atoms with van der Waals surface area (Å²) < 4.78 is 2.73. The van der Waals surface area contributed by atoms with Crippen LogP contribution in [0, 0.1) is 0 Å². The van der Waals surface area contributed by atoms with Gasteiger partial charge in [0, 0.05) is 15.2 Å². The molecule has 0 unspecified atom stereocenters. The molecule has 0 fully saturated rings. The predicted octanol–water partition coefficient (Wildman–Crippen LogP) is 3.52. The van der Waals surface area contributed by atoms with E-state index in [2.05, 4.69) is 20.9 Å². The summed E-state index contributed by atoms with van der Waals surface area (Å²) in [6.45, 7) is -0.173. The lowest BCUT2D eigenvalue weighted by atomic mass is 10.2. The quantitative estimate of drug-likeness (QED) is 0.694. The molecule has 0 amide bonds. The maximum absolute atomic E-state index is 9.55. The highest BCUT2D eigenvalue weighted by Crippen LogP contribution is 2.30. The summed E-state index contributed by atoms with van der Waals surface area (Å²) in [5.74, 6) is 0.536. The summed E-state index contributed by atoms with van der Waals surface area (Å²) >= 11 is 9.57. The number of aliphatic hydroxyl groups is 1. The summed E-state index contributed by atoms with van der Waals surface area (Å²) in [6, 6.07) is 10.9. The third kappa shape index (κ3) is 2.18. The molecular weight excluding hydrogens is 342 g/mol. The number of imidazole rings is 1. The second-order valence-electron chi connectivity index (χ2n) is 4.37. The molecule has 6 heteroatoms. The normalized spacial score (nSPS) is 11.2. The number of hydrogen-bond acceptors (Lipinski definition) is 3. The van der Waals surface area contributed by atoms with Gasteiger partial charge in [0.05, 0.1) is 16.7 Å². The maximum Gasteiger partial charge on any atom is 0.140 e. The molecule has 1 heterocycles. The van der Waals surface area contributed by atoms with Crippen molar-refractivity contribution in [1.82, 2.24) is 9.55 Å². The molecular formula is C14H11BrClN3O. The average Bonchev–Trinajstić information content (AvgIpc) is 2.78. The minimum Gasteiger partial charge on any atom is -0.399 e. The Kier molecular flexibility index (Phi) is 3.41.